The maximum atomic E-state index is 13.2. The number of hydrogen-bond acceptors (Lipinski definition) is 4. The summed E-state index contributed by atoms with van der Waals surface area (Å²) in [6.45, 7) is 2.56. The summed E-state index contributed by atoms with van der Waals surface area (Å²) < 4.78 is 5.28. The van der Waals surface area contributed by atoms with Gasteiger partial charge in [-0.05, 0) is 66.1 Å². The van der Waals surface area contributed by atoms with E-state index in [4.69, 9.17) is 16.3 Å². The fourth-order valence-corrected chi connectivity index (χ4v) is 3.69. The Morgan fingerprint density at radius 1 is 1.00 bits per heavy atom. The van der Waals surface area contributed by atoms with Crippen molar-refractivity contribution in [2.75, 3.05) is 17.7 Å². The van der Waals surface area contributed by atoms with Crippen LogP contribution in [0.1, 0.15) is 21.5 Å². The molecule has 0 saturated heterocycles. The van der Waals surface area contributed by atoms with Crippen LogP contribution in [0.3, 0.4) is 0 Å². The predicted molar refractivity (Wildman–Crippen MR) is 134 cm³/mol. The highest BCUT2D eigenvalue weighted by atomic mass is 35.5. The number of aromatic nitrogens is 1. The highest BCUT2D eigenvalue weighted by Gasteiger charge is 2.15. The normalized spacial score (nSPS) is 10.5. The number of carbonyl (C=O) groups excluding carboxylic acids is 1. The molecule has 5 nitrogen and oxygen atoms in total. The number of aryl methyl sites for hydroxylation is 1. The SMILES string of the molecule is COc1ccc(CNc2ncccc2C(=O)Nc2ccccc2-c2ccc(Cl)cc2)c(C)c1. The van der Waals surface area contributed by atoms with Crippen LogP contribution in [-0.2, 0) is 6.54 Å². The van der Waals surface area contributed by atoms with Gasteiger partial charge in [0.05, 0.1) is 12.7 Å². The summed E-state index contributed by atoms with van der Waals surface area (Å²) in [5, 5.41) is 7.00. The number of rotatable bonds is 7. The first kappa shape index (κ1) is 22.4. The van der Waals surface area contributed by atoms with Crippen LogP contribution in [0.25, 0.3) is 11.1 Å². The van der Waals surface area contributed by atoms with Gasteiger partial charge in [0.1, 0.15) is 11.6 Å². The number of hydrogen-bond donors (Lipinski definition) is 2. The van der Waals surface area contributed by atoms with Crippen molar-refractivity contribution in [1.29, 1.82) is 0 Å². The average Bonchev–Trinajstić information content (AvgIpc) is 2.84. The van der Waals surface area contributed by atoms with E-state index in [1.807, 2.05) is 73.7 Å². The first-order valence-corrected chi connectivity index (χ1v) is 10.9. The van der Waals surface area contributed by atoms with Gasteiger partial charge < -0.3 is 15.4 Å². The predicted octanol–water partition coefficient (Wildman–Crippen LogP) is 6.58. The van der Waals surface area contributed by atoms with E-state index < -0.39 is 0 Å². The molecule has 33 heavy (non-hydrogen) atoms. The molecule has 4 aromatic rings. The van der Waals surface area contributed by atoms with Gasteiger partial charge in [0, 0.05) is 29.0 Å². The Bertz CT molecular complexity index is 1270. The van der Waals surface area contributed by atoms with Gasteiger partial charge in [-0.15, -0.1) is 0 Å². The fraction of sp³-hybridized carbons (Fsp3) is 0.111. The lowest BCUT2D eigenvalue weighted by molar-refractivity contribution is 0.102. The molecule has 2 N–H and O–H groups in total. The molecule has 166 valence electrons. The quantitative estimate of drug-likeness (QED) is 0.329. The molecule has 0 aliphatic carbocycles. The van der Waals surface area contributed by atoms with E-state index in [0.717, 1.165) is 28.0 Å². The van der Waals surface area contributed by atoms with Crippen molar-refractivity contribution >= 4 is 29.0 Å². The number of ether oxygens (including phenoxy) is 1. The third-order valence-electron chi connectivity index (χ3n) is 5.38. The Kier molecular flexibility index (Phi) is 6.91. The van der Waals surface area contributed by atoms with Crippen LogP contribution in [0.15, 0.2) is 85.1 Å². The summed E-state index contributed by atoms with van der Waals surface area (Å²) in [4.78, 5) is 17.6. The molecule has 0 bridgehead atoms. The number of carbonyl (C=O) groups is 1. The number of methoxy groups -OCH3 is 1. The van der Waals surface area contributed by atoms with Gasteiger partial charge in [-0.3, -0.25) is 4.79 Å². The molecular formula is C27H24ClN3O2. The van der Waals surface area contributed by atoms with Gasteiger partial charge >= 0.3 is 0 Å². The maximum Gasteiger partial charge on any atom is 0.259 e. The Balaban J connectivity index is 1.54. The molecule has 1 heterocycles. The van der Waals surface area contributed by atoms with Gasteiger partial charge in [-0.1, -0.05) is 48.0 Å². The number of nitrogens with zero attached hydrogens (tertiary/aromatic N) is 1. The summed E-state index contributed by atoms with van der Waals surface area (Å²) >= 11 is 6.03. The minimum Gasteiger partial charge on any atom is -0.497 e. The number of amides is 1. The van der Waals surface area contributed by atoms with Crippen LogP contribution in [0.5, 0.6) is 5.75 Å². The van der Waals surface area contributed by atoms with Crippen LogP contribution in [-0.4, -0.2) is 18.0 Å². The molecule has 4 rings (SSSR count). The van der Waals surface area contributed by atoms with Gasteiger partial charge in [0.15, 0.2) is 0 Å². The van der Waals surface area contributed by atoms with Crippen molar-refractivity contribution < 1.29 is 9.53 Å². The van der Waals surface area contributed by atoms with E-state index in [1.54, 1.807) is 25.4 Å². The van der Waals surface area contributed by atoms with Crippen molar-refractivity contribution in [3.05, 3.63) is 107 Å². The zero-order valence-electron chi connectivity index (χ0n) is 18.4. The summed E-state index contributed by atoms with van der Waals surface area (Å²) in [5.41, 5.74) is 5.26. The number of halogens is 1. The van der Waals surface area contributed by atoms with Crippen molar-refractivity contribution in [2.45, 2.75) is 13.5 Å². The number of anilines is 2. The highest BCUT2D eigenvalue weighted by Crippen LogP contribution is 2.29. The number of para-hydroxylation sites is 1. The maximum absolute atomic E-state index is 13.2. The zero-order chi connectivity index (χ0) is 23.2. The highest BCUT2D eigenvalue weighted by molar-refractivity contribution is 6.30. The van der Waals surface area contributed by atoms with E-state index in [-0.39, 0.29) is 5.91 Å². The second kappa shape index (κ2) is 10.2. The van der Waals surface area contributed by atoms with E-state index in [9.17, 15) is 4.79 Å². The average molecular weight is 458 g/mol. The fourth-order valence-electron chi connectivity index (χ4n) is 3.56. The molecule has 0 radical (unpaired) electrons. The molecular weight excluding hydrogens is 434 g/mol. The van der Waals surface area contributed by atoms with Crippen molar-refractivity contribution in [3.63, 3.8) is 0 Å². The summed E-state index contributed by atoms with van der Waals surface area (Å²) in [5.74, 6) is 1.10. The Hall–Kier alpha value is -3.83. The molecule has 0 saturated carbocycles. The van der Waals surface area contributed by atoms with Gasteiger partial charge in [0.25, 0.3) is 5.91 Å². The standard InChI is InChI=1S/C27H24ClN3O2/c1-18-16-22(33-2)14-11-20(18)17-30-26-24(7-5-15-29-26)27(32)31-25-8-4-3-6-23(25)19-9-12-21(28)13-10-19/h3-16H,17H2,1-2H3,(H,29,30)(H,31,32). The Morgan fingerprint density at radius 2 is 1.79 bits per heavy atom. The monoisotopic (exact) mass is 457 g/mol. The topological polar surface area (TPSA) is 63.2 Å². The van der Waals surface area contributed by atoms with E-state index in [0.29, 0.717) is 28.6 Å². The number of benzene rings is 3. The minimum atomic E-state index is -0.238. The van der Waals surface area contributed by atoms with E-state index in [1.165, 1.54) is 0 Å². The second-order valence-corrected chi connectivity index (χ2v) is 7.99. The molecule has 1 amide bonds. The third kappa shape index (κ3) is 5.33. The molecule has 0 unspecified atom stereocenters. The molecule has 0 spiro atoms. The number of nitrogens with one attached hydrogen (secondary N) is 2. The first-order chi connectivity index (χ1) is 16.0. The lowest BCUT2D eigenvalue weighted by Gasteiger charge is -2.15. The van der Waals surface area contributed by atoms with Gasteiger partial charge in [-0.2, -0.15) is 0 Å². The summed E-state index contributed by atoms with van der Waals surface area (Å²) in [7, 11) is 1.65. The van der Waals surface area contributed by atoms with E-state index >= 15 is 0 Å². The first-order valence-electron chi connectivity index (χ1n) is 10.5. The van der Waals surface area contributed by atoms with Crippen molar-refractivity contribution in [3.8, 4) is 16.9 Å². The Labute approximate surface area is 198 Å². The van der Waals surface area contributed by atoms with Crippen LogP contribution < -0.4 is 15.4 Å². The van der Waals surface area contributed by atoms with Gasteiger partial charge in [0.2, 0.25) is 0 Å². The smallest absolute Gasteiger partial charge is 0.259 e. The molecule has 0 aliphatic rings. The second-order valence-electron chi connectivity index (χ2n) is 7.55. The van der Waals surface area contributed by atoms with E-state index in [2.05, 4.69) is 15.6 Å². The van der Waals surface area contributed by atoms with Crippen LogP contribution in [0.4, 0.5) is 11.5 Å². The van der Waals surface area contributed by atoms with Gasteiger partial charge in [-0.25, -0.2) is 4.98 Å². The Morgan fingerprint density at radius 3 is 2.55 bits per heavy atom. The molecule has 0 aliphatic heterocycles. The van der Waals surface area contributed by atoms with Crippen molar-refractivity contribution in [1.82, 2.24) is 4.98 Å². The summed E-state index contributed by atoms with van der Waals surface area (Å²) in [6.07, 6.45) is 1.67. The van der Waals surface area contributed by atoms with Crippen molar-refractivity contribution in [2.24, 2.45) is 0 Å². The lowest BCUT2D eigenvalue weighted by atomic mass is 10.0. The zero-order valence-corrected chi connectivity index (χ0v) is 19.2. The lowest BCUT2D eigenvalue weighted by Crippen LogP contribution is -2.16. The van der Waals surface area contributed by atoms with Crippen LogP contribution >= 0.6 is 11.6 Å². The molecule has 3 aromatic carbocycles. The largest absolute Gasteiger partial charge is 0.497 e. The molecule has 1 aromatic heterocycles. The molecule has 6 heteroatoms. The molecule has 0 fully saturated rings. The summed E-state index contributed by atoms with van der Waals surface area (Å²) in [6, 6.07) is 24.6. The molecule has 0 atom stereocenters. The third-order valence-corrected chi connectivity index (χ3v) is 5.63. The number of pyridine rings is 1. The minimum absolute atomic E-state index is 0.238. The van der Waals surface area contributed by atoms with Crippen LogP contribution in [0.2, 0.25) is 5.02 Å². The van der Waals surface area contributed by atoms with Crippen LogP contribution in [0, 0.1) is 6.92 Å².